The lowest BCUT2D eigenvalue weighted by molar-refractivity contribution is 0.131. The molecule has 0 spiro atoms. The summed E-state index contributed by atoms with van der Waals surface area (Å²) in [7, 11) is -3.68. The molecule has 4 nitrogen and oxygen atoms in total. The lowest BCUT2D eigenvalue weighted by atomic mass is 10.2. The minimum atomic E-state index is -3.68. The largest absolute Gasteiger partial charge is 0.488 e. The quantitative estimate of drug-likeness (QED) is 0.787. The van der Waals surface area contributed by atoms with Gasteiger partial charge in [0.1, 0.15) is 22.9 Å². The van der Waals surface area contributed by atoms with Gasteiger partial charge in [0.25, 0.3) is 0 Å². The Morgan fingerprint density at radius 3 is 1.95 bits per heavy atom. The van der Waals surface area contributed by atoms with Crippen molar-refractivity contribution in [2.24, 2.45) is 0 Å². The van der Waals surface area contributed by atoms with Crippen LogP contribution in [0.15, 0.2) is 54.6 Å². The van der Waals surface area contributed by atoms with Crippen LogP contribution in [0.1, 0.15) is 26.3 Å². The summed E-state index contributed by atoms with van der Waals surface area (Å²) in [5.41, 5.74) is 0.386. The highest BCUT2D eigenvalue weighted by Crippen LogP contribution is 2.23. The third-order valence-electron chi connectivity index (χ3n) is 2.66. The fraction of sp³-hybridized carbons (Fsp3) is 0.294. The normalized spacial score (nSPS) is 12.0. The number of hydrogen-bond donors (Lipinski definition) is 0. The highest BCUT2D eigenvalue weighted by Gasteiger charge is 2.15. The summed E-state index contributed by atoms with van der Waals surface area (Å²) in [5.74, 6) is 0.783. The summed E-state index contributed by atoms with van der Waals surface area (Å²) >= 11 is 0. The Labute approximate surface area is 131 Å². The smallest absolute Gasteiger partial charge is 0.313 e. The molecule has 2 rings (SSSR count). The second-order valence-electron chi connectivity index (χ2n) is 5.96. The van der Waals surface area contributed by atoms with E-state index >= 15 is 0 Å². The van der Waals surface area contributed by atoms with E-state index in [-0.39, 0.29) is 17.1 Å². The van der Waals surface area contributed by atoms with Gasteiger partial charge < -0.3 is 8.92 Å². The monoisotopic (exact) mass is 320 g/mol. The van der Waals surface area contributed by atoms with Gasteiger partial charge in [-0.3, -0.25) is 0 Å². The van der Waals surface area contributed by atoms with Crippen molar-refractivity contribution in [3.05, 3.63) is 60.2 Å². The van der Waals surface area contributed by atoms with Gasteiger partial charge in [-0.15, -0.1) is 0 Å². The van der Waals surface area contributed by atoms with Crippen LogP contribution in [0.3, 0.4) is 0 Å². The van der Waals surface area contributed by atoms with Gasteiger partial charge in [-0.1, -0.05) is 30.3 Å². The van der Waals surface area contributed by atoms with Crippen molar-refractivity contribution in [1.82, 2.24) is 0 Å². The molecule has 0 aliphatic rings. The molecule has 0 aromatic heterocycles. The third-order valence-corrected chi connectivity index (χ3v) is 3.79. The van der Waals surface area contributed by atoms with E-state index in [9.17, 15) is 8.42 Å². The number of ether oxygens (including phenoxy) is 1. The molecule has 0 N–H and O–H groups in total. The Morgan fingerprint density at radius 2 is 1.41 bits per heavy atom. The molecule has 0 saturated carbocycles. The van der Waals surface area contributed by atoms with Crippen molar-refractivity contribution in [1.29, 1.82) is 0 Å². The van der Waals surface area contributed by atoms with E-state index < -0.39 is 10.1 Å². The molecule has 0 aliphatic heterocycles. The average Bonchev–Trinajstić information content (AvgIpc) is 2.39. The first kappa shape index (κ1) is 16.4. The maximum Gasteiger partial charge on any atom is 0.313 e. The summed E-state index contributed by atoms with van der Waals surface area (Å²) < 4.78 is 34.8. The van der Waals surface area contributed by atoms with Crippen LogP contribution in [-0.4, -0.2) is 14.0 Å². The lowest BCUT2D eigenvalue weighted by Crippen LogP contribution is -2.22. The van der Waals surface area contributed by atoms with Gasteiger partial charge in [-0.25, -0.2) is 0 Å². The molecular formula is C17H20O4S. The van der Waals surface area contributed by atoms with Gasteiger partial charge in [0, 0.05) is 0 Å². The van der Waals surface area contributed by atoms with Crippen LogP contribution in [0.25, 0.3) is 0 Å². The molecule has 118 valence electrons. The number of hydrogen-bond acceptors (Lipinski definition) is 4. The molecule has 0 fully saturated rings. The molecule has 0 aliphatic carbocycles. The van der Waals surface area contributed by atoms with Crippen LogP contribution in [0.4, 0.5) is 0 Å². The van der Waals surface area contributed by atoms with Gasteiger partial charge in [0.2, 0.25) is 0 Å². The maximum absolute atomic E-state index is 12.0. The first-order chi connectivity index (χ1) is 10.2. The molecular weight excluding hydrogens is 300 g/mol. The minimum Gasteiger partial charge on any atom is -0.488 e. The van der Waals surface area contributed by atoms with Crippen LogP contribution in [-0.2, 0) is 15.9 Å². The van der Waals surface area contributed by atoms with Crippen LogP contribution in [0, 0.1) is 0 Å². The van der Waals surface area contributed by atoms with E-state index in [1.165, 1.54) is 0 Å². The van der Waals surface area contributed by atoms with Crippen LogP contribution in [0.2, 0.25) is 0 Å². The fourth-order valence-corrected chi connectivity index (χ4v) is 2.94. The minimum absolute atomic E-state index is 0.159. The van der Waals surface area contributed by atoms with Crippen molar-refractivity contribution >= 4 is 10.1 Å². The van der Waals surface area contributed by atoms with Crippen molar-refractivity contribution < 1.29 is 17.3 Å². The predicted molar refractivity (Wildman–Crippen MR) is 86.5 cm³/mol. The standard InChI is InChI=1S/C17H20O4S/c1-17(2,3)20-15-9-11-16(12-10-15)21-22(18,19)13-14-7-5-4-6-8-14/h4-12H,13H2,1-3H3. The van der Waals surface area contributed by atoms with E-state index in [1.807, 2.05) is 26.8 Å². The first-order valence-corrected chi connectivity index (χ1v) is 8.56. The average molecular weight is 320 g/mol. The van der Waals surface area contributed by atoms with Gasteiger partial charge in [-0.05, 0) is 50.6 Å². The van der Waals surface area contributed by atoms with E-state index in [0.29, 0.717) is 11.3 Å². The predicted octanol–water partition coefficient (Wildman–Crippen LogP) is 3.77. The lowest BCUT2D eigenvalue weighted by Gasteiger charge is -2.21. The first-order valence-electron chi connectivity index (χ1n) is 6.99. The highest BCUT2D eigenvalue weighted by atomic mass is 32.2. The number of rotatable bonds is 5. The SMILES string of the molecule is CC(C)(C)Oc1ccc(OS(=O)(=O)Cc2ccccc2)cc1. The zero-order valence-electron chi connectivity index (χ0n) is 12.9. The molecule has 0 saturated heterocycles. The Kier molecular flexibility index (Phi) is 4.76. The molecule has 0 unspecified atom stereocenters. The zero-order valence-corrected chi connectivity index (χ0v) is 13.8. The van der Waals surface area contributed by atoms with Crippen LogP contribution in [0.5, 0.6) is 11.5 Å². The molecule has 0 radical (unpaired) electrons. The van der Waals surface area contributed by atoms with Crippen LogP contribution >= 0.6 is 0 Å². The van der Waals surface area contributed by atoms with Crippen molar-refractivity contribution in [2.45, 2.75) is 32.1 Å². The van der Waals surface area contributed by atoms with E-state index in [4.69, 9.17) is 8.92 Å². The highest BCUT2D eigenvalue weighted by molar-refractivity contribution is 7.86. The van der Waals surface area contributed by atoms with Crippen LogP contribution < -0.4 is 8.92 Å². The molecule has 5 heteroatoms. The van der Waals surface area contributed by atoms with Gasteiger partial charge in [0.15, 0.2) is 0 Å². The molecule has 2 aromatic carbocycles. The molecule has 0 bridgehead atoms. The van der Waals surface area contributed by atoms with Crippen molar-refractivity contribution in [3.63, 3.8) is 0 Å². The van der Waals surface area contributed by atoms with Gasteiger partial charge in [0.05, 0.1) is 0 Å². The second kappa shape index (κ2) is 6.40. The number of benzene rings is 2. The van der Waals surface area contributed by atoms with Gasteiger partial charge >= 0.3 is 10.1 Å². The topological polar surface area (TPSA) is 52.6 Å². The van der Waals surface area contributed by atoms with Gasteiger partial charge in [-0.2, -0.15) is 8.42 Å². The molecule has 0 heterocycles. The Hall–Kier alpha value is -2.01. The molecule has 0 amide bonds. The third kappa shape index (κ3) is 5.41. The second-order valence-corrected chi connectivity index (χ2v) is 7.53. The summed E-state index contributed by atoms with van der Waals surface area (Å²) in [6.07, 6.45) is 0. The Morgan fingerprint density at radius 1 is 0.864 bits per heavy atom. The zero-order chi connectivity index (χ0) is 16.2. The Bertz CT molecular complexity index is 699. The van der Waals surface area contributed by atoms with E-state index in [1.54, 1.807) is 48.5 Å². The fourth-order valence-electron chi connectivity index (χ4n) is 1.87. The summed E-state index contributed by atoms with van der Waals surface area (Å²) in [4.78, 5) is 0. The van der Waals surface area contributed by atoms with E-state index in [2.05, 4.69) is 0 Å². The summed E-state index contributed by atoms with van der Waals surface area (Å²) in [5, 5.41) is 0. The maximum atomic E-state index is 12.0. The molecule has 2 aromatic rings. The molecule has 0 atom stereocenters. The van der Waals surface area contributed by atoms with Crippen molar-refractivity contribution in [2.75, 3.05) is 0 Å². The summed E-state index contributed by atoms with van der Waals surface area (Å²) in [6, 6.07) is 15.5. The summed E-state index contributed by atoms with van der Waals surface area (Å²) in [6.45, 7) is 5.84. The van der Waals surface area contributed by atoms with Crippen molar-refractivity contribution in [3.8, 4) is 11.5 Å². The molecule has 22 heavy (non-hydrogen) atoms. The van der Waals surface area contributed by atoms with E-state index in [0.717, 1.165) is 0 Å². The Balaban J connectivity index is 2.04.